The van der Waals surface area contributed by atoms with Gasteiger partial charge in [-0.25, -0.2) is 4.79 Å². The molecule has 0 spiro atoms. The Morgan fingerprint density at radius 1 is 1.25 bits per heavy atom. The monoisotopic (exact) mass is 216 g/mol. The highest BCUT2D eigenvalue weighted by molar-refractivity contribution is 5.87. The Bertz CT molecular complexity index is 350. The van der Waals surface area contributed by atoms with E-state index >= 15 is 0 Å². The van der Waals surface area contributed by atoms with Crippen LogP contribution in [0.5, 0.6) is 0 Å². The van der Waals surface area contributed by atoms with E-state index in [4.69, 9.17) is 0 Å². The quantitative estimate of drug-likeness (QED) is 0.334. The molecule has 1 rings (SSSR count). The number of rotatable bonds is 3. The lowest BCUT2D eigenvalue weighted by Crippen LogP contribution is -1.92. The lowest BCUT2D eigenvalue weighted by atomic mass is 10.2. The van der Waals surface area contributed by atoms with Crippen LogP contribution in [0.2, 0.25) is 0 Å². The van der Waals surface area contributed by atoms with Gasteiger partial charge in [0.1, 0.15) is 0 Å². The lowest BCUT2D eigenvalue weighted by molar-refractivity contribution is -0.132. The van der Waals surface area contributed by atoms with Crippen LogP contribution in [0.3, 0.4) is 0 Å². The Hall–Kier alpha value is -2.09. The molecule has 1 aromatic carbocycles. The van der Waals surface area contributed by atoms with Crippen molar-refractivity contribution in [2.24, 2.45) is 0 Å². The third-order valence-electron chi connectivity index (χ3n) is 1.41. The van der Waals surface area contributed by atoms with E-state index in [1.165, 1.54) is 6.08 Å². The molecule has 84 valence electrons. The van der Waals surface area contributed by atoms with Crippen molar-refractivity contribution in [1.29, 1.82) is 0 Å². The van der Waals surface area contributed by atoms with E-state index in [9.17, 15) is 4.79 Å². The molecule has 0 atom stereocenters. The molecule has 2 heteroatoms. The number of esters is 1. The van der Waals surface area contributed by atoms with Crippen molar-refractivity contribution in [2.45, 2.75) is 6.92 Å². The molecule has 0 aliphatic rings. The molecule has 0 saturated carbocycles. The van der Waals surface area contributed by atoms with Crippen LogP contribution in [0.4, 0.5) is 0 Å². The van der Waals surface area contributed by atoms with Gasteiger partial charge in [0.25, 0.3) is 0 Å². The second kappa shape index (κ2) is 9.46. The van der Waals surface area contributed by atoms with E-state index in [-0.39, 0.29) is 0 Å². The minimum Gasteiger partial charge on any atom is -0.432 e. The number of ether oxygens (including phenoxy) is 1. The zero-order valence-corrected chi connectivity index (χ0v) is 9.43. The zero-order valence-electron chi connectivity index (χ0n) is 9.43. The van der Waals surface area contributed by atoms with Crippen molar-refractivity contribution in [3.8, 4) is 0 Å². The summed E-state index contributed by atoms with van der Waals surface area (Å²) in [6, 6.07) is 9.52. The van der Waals surface area contributed by atoms with Gasteiger partial charge in [-0.2, -0.15) is 0 Å². The van der Waals surface area contributed by atoms with Gasteiger partial charge in [-0.15, -0.1) is 6.58 Å². The smallest absolute Gasteiger partial charge is 0.335 e. The van der Waals surface area contributed by atoms with E-state index in [1.807, 2.05) is 37.3 Å². The Kier molecular flexibility index (Phi) is 8.23. The van der Waals surface area contributed by atoms with Crippen molar-refractivity contribution in [1.82, 2.24) is 0 Å². The van der Waals surface area contributed by atoms with Gasteiger partial charge < -0.3 is 4.74 Å². The maximum Gasteiger partial charge on any atom is 0.335 e. The van der Waals surface area contributed by atoms with Gasteiger partial charge in [-0.05, 0) is 18.6 Å². The molecular formula is C14H16O2. The van der Waals surface area contributed by atoms with Gasteiger partial charge in [-0.1, -0.05) is 43.0 Å². The average Bonchev–Trinajstić information content (AvgIpc) is 2.29. The SMILES string of the molecule is C=CC.C=COC(=O)/C=C/c1ccccc1. The molecule has 0 aliphatic carbocycles. The molecular weight excluding hydrogens is 200 g/mol. The van der Waals surface area contributed by atoms with Crippen LogP contribution in [-0.4, -0.2) is 5.97 Å². The average molecular weight is 216 g/mol. The summed E-state index contributed by atoms with van der Waals surface area (Å²) in [7, 11) is 0. The van der Waals surface area contributed by atoms with Gasteiger partial charge in [0.15, 0.2) is 0 Å². The minimum absolute atomic E-state index is 0.418. The maximum absolute atomic E-state index is 10.8. The molecule has 0 heterocycles. The summed E-state index contributed by atoms with van der Waals surface area (Å²) in [5.41, 5.74) is 0.962. The first-order chi connectivity index (χ1) is 7.74. The predicted octanol–water partition coefficient (Wildman–Crippen LogP) is 3.58. The van der Waals surface area contributed by atoms with Crippen LogP contribution in [0.15, 0.2) is 61.9 Å². The Morgan fingerprint density at radius 2 is 1.81 bits per heavy atom. The number of allylic oxidation sites excluding steroid dienone is 1. The second-order valence-corrected chi connectivity index (χ2v) is 2.76. The number of hydrogen-bond donors (Lipinski definition) is 0. The van der Waals surface area contributed by atoms with Crippen LogP contribution >= 0.6 is 0 Å². The normalized spacial score (nSPS) is 8.81. The predicted molar refractivity (Wildman–Crippen MR) is 67.6 cm³/mol. The summed E-state index contributed by atoms with van der Waals surface area (Å²) in [6.07, 6.45) is 5.90. The van der Waals surface area contributed by atoms with Gasteiger partial charge in [0, 0.05) is 6.08 Å². The number of hydrogen-bond acceptors (Lipinski definition) is 2. The number of carbonyl (C=O) groups is 1. The van der Waals surface area contributed by atoms with Gasteiger partial charge in [0.05, 0.1) is 6.26 Å². The van der Waals surface area contributed by atoms with Gasteiger partial charge in [0.2, 0.25) is 0 Å². The third-order valence-corrected chi connectivity index (χ3v) is 1.41. The highest BCUT2D eigenvalue weighted by atomic mass is 16.5. The molecule has 0 bridgehead atoms. The van der Waals surface area contributed by atoms with Crippen LogP contribution in [0.1, 0.15) is 12.5 Å². The summed E-state index contributed by atoms with van der Waals surface area (Å²) >= 11 is 0. The first-order valence-electron chi connectivity index (χ1n) is 4.86. The fraction of sp³-hybridized carbons (Fsp3) is 0.0714. The number of benzene rings is 1. The Balaban J connectivity index is 0.000000673. The summed E-state index contributed by atoms with van der Waals surface area (Å²) in [5, 5.41) is 0. The molecule has 0 N–H and O–H groups in total. The molecule has 16 heavy (non-hydrogen) atoms. The minimum atomic E-state index is -0.418. The van der Waals surface area contributed by atoms with E-state index < -0.39 is 5.97 Å². The summed E-state index contributed by atoms with van der Waals surface area (Å²) in [5.74, 6) is -0.418. The standard InChI is InChI=1S/C11H10O2.C3H6/c1-2-13-11(12)9-8-10-6-4-3-5-7-10;1-3-2/h2-9H,1H2;3H,1H2,2H3/b9-8+;. The van der Waals surface area contributed by atoms with Crippen molar-refractivity contribution in [3.63, 3.8) is 0 Å². The van der Waals surface area contributed by atoms with Crippen molar-refractivity contribution in [3.05, 3.63) is 67.5 Å². The Morgan fingerprint density at radius 3 is 2.31 bits per heavy atom. The van der Waals surface area contributed by atoms with Crippen LogP contribution in [-0.2, 0) is 9.53 Å². The van der Waals surface area contributed by atoms with E-state index in [2.05, 4.69) is 17.9 Å². The Labute approximate surface area is 96.6 Å². The van der Waals surface area contributed by atoms with Crippen molar-refractivity contribution < 1.29 is 9.53 Å². The van der Waals surface area contributed by atoms with Crippen LogP contribution < -0.4 is 0 Å². The largest absolute Gasteiger partial charge is 0.432 e. The highest BCUT2D eigenvalue weighted by Crippen LogP contribution is 2.00. The first kappa shape index (κ1) is 13.9. The van der Waals surface area contributed by atoms with Crippen molar-refractivity contribution >= 4 is 12.0 Å². The second-order valence-electron chi connectivity index (χ2n) is 2.76. The fourth-order valence-electron chi connectivity index (χ4n) is 0.850. The first-order valence-corrected chi connectivity index (χ1v) is 4.86. The van der Waals surface area contributed by atoms with Crippen molar-refractivity contribution in [2.75, 3.05) is 0 Å². The molecule has 0 aliphatic heterocycles. The summed E-state index contributed by atoms with van der Waals surface area (Å²) < 4.78 is 4.50. The van der Waals surface area contributed by atoms with E-state index in [1.54, 1.807) is 12.2 Å². The van der Waals surface area contributed by atoms with Crippen LogP contribution in [0, 0.1) is 0 Å². The molecule has 0 radical (unpaired) electrons. The maximum atomic E-state index is 10.8. The molecule has 1 aromatic rings. The third kappa shape index (κ3) is 7.33. The summed E-state index contributed by atoms with van der Waals surface area (Å²) in [4.78, 5) is 10.8. The molecule has 2 nitrogen and oxygen atoms in total. The van der Waals surface area contributed by atoms with E-state index in [0.717, 1.165) is 11.8 Å². The molecule has 0 unspecified atom stereocenters. The molecule has 0 fully saturated rings. The molecule has 0 aromatic heterocycles. The van der Waals surface area contributed by atoms with Crippen LogP contribution in [0.25, 0.3) is 6.08 Å². The molecule has 0 saturated heterocycles. The molecule has 0 amide bonds. The fourth-order valence-corrected chi connectivity index (χ4v) is 0.850. The summed E-state index contributed by atoms with van der Waals surface area (Å²) in [6.45, 7) is 8.53. The van der Waals surface area contributed by atoms with Gasteiger partial charge in [-0.3, -0.25) is 0 Å². The topological polar surface area (TPSA) is 26.3 Å². The lowest BCUT2D eigenvalue weighted by Gasteiger charge is -1.91. The highest BCUT2D eigenvalue weighted by Gasteiger charge is 1.91. The zero-order chi connectivity index (χ0) is 12.2. The van der Waals surface area contributed by atoms with Gasteiger partial charge >= 0.3 is 5.97 Å². The number of carbonyl (C=O) groups excluding carboxylic acids is 1. The van der Waals surface area contributed by atoms with E-state index in [0.29, 0.717) is 0 Å².